The minimum absolute atomic E-state index is 0.116. The van der Waals surface area contributed by atoms with Gasteiger partial charge >= 0.3 is 0 Å². The second-order valence-electron chi connectivity index (χ2n) is 5.94. The Hall–Kier alpha value is -1.67. The summed E-state index contributed by atoms with van der Waals surface area (Å²) < 4.78 is 13.1. The summed E-state index contributed by atoms with van der Waals surface area (Å²) >= 11 is 0. The second-order valence-corrected chi connectivity index (χ2v) is 5.94. The van der Waals surface area contributed by atoms with E-state index in [-0.39, 0.29) is 11.2 Å². The average Bonchev–Trinajstić information content (AvgIpc) is 2.38. The first-order valence-corrected chi connectivity index (χ1v) is 7.13. The summed E-state index contributed by atoms with van der Waals surface area (Å²) in [4.78, 5) is 0. The van der Waals surface area contributed by atoms with E-state index in [0.717, 1.165) is 19.5 Å². The van der Waals surface area contributed by atoms with Crippen LogP contribution in [-0.2, 0) is 11.8 Å². The fourth-order valence-corrected chi connectivity index (χ4v) is 3.13. The molecule has 2 aromatic rings. The quantitative estimate of drug-likeness (QED) is 0.899. The number of aryl methyl sites for hydroxylation is 2. The van der Waals surface area contributed by atoms with Crippen molar-refractivity contribution in [2.24, 2.45) is 0 Å². The lowest BCUT2D eigenvalue weighted by Gasteiger charge is -2.44. The molecule has 1 aliphatic rings. The van der Waals surface area contributed by atoms with Gasteiger partial charge in [0.05, 0.1) is 0 Å². The zero-order valence-corrected chi connectivity index (χ0v) is 12.0. The normalized spacial score (nSPS) is 16.8. The van der Waals surface area contributed by atoms with Gasteiger partial charge in [0.2, 0.25) is 0 Å². The SMILES string of the molecule is Cc1cccc(C)c1CC1(c2ccc(F)cc2)CNC1. The molecule has 1 fully saturated rings. The van der Waals surface area contributed by atoms with Crippen LogP contribution in [0.3, 0.4) is 0 Å². The number of nitrogens with one attached hydrogen (secondary N) is 1. The minimum Gasteiger partial charge on any atom is -0.315 e. The summed E-state index contributed by atoms with van der Waals surface area (Å²) in [5, 5.41) is 3.38. The summed E-state index contributed by atoms with van der Waals surface area (Å²) in [5.74, 6) is -0.164. The summed E-state index contributed by atoms with van der Waals surface area (Å²) in [6, 6.07) is 13.5. The molecule has 0 unspecified atom stereocenters. The largest absolute Gasteiger partial charge is 0.315 e. The number of benzene rings is 2. The highest BCUT2D eigenvalue weighted by Crippen LogP contribution is 2.34. The van der Waals surface area contributed by atoms with E-state index in [1.54, 1.807) is 12.1 Å². The number of rotatable bonds is 3. The third kappa shape index (κ3) is 2.25. The molecule has 20 heavy (non-hydrogen) atoms. The van der Waals surface area contributed by atoms with E-state index in [4.69, 9.17) is 0 Å². The van der Waals surface area contributed by atoms with Gasteiger partial charge in [-0.1, -0.05) is 30.3 Å². The molecule has 0 aromatic heterocycles. The van der Waals surface area contributed by atoms with Gasteiger partial charge in [0.25, 0.3) is 0 Å². The predicted octanol–water partition coefficient (Wildman–Crippen LogP) is 3.53. The van der Waals surface area contributed by atoms with Crippen LogP contribution in [0.15, 0.2) is 42.5 Å². The van der Waals surface area contributed by atoms with Crippen molar-refractivity contribution in [1.29, 1.82) is 0 Å². The van der Waals surface area contributed by atoms with Crippen molar-refractivity contribution in [2.75, 3.05) is 13.1 Å². The molecule has 0 spiro atoms. The van der Waals surface area contributed by atoms with Crippen LogP contribution >= 0.6 is 0 Å². The Labute approximate surface area is 119 Å². The maximum absolute atomic E-state index is 13.1. The van der Waals surface area contributed by atoms with Crippen molar-refractivity contribution in [3.05, 3.63) is 70.5 Å². The molecule has 2 heteroatoms. The van der Waals surface area contributed by atoms with Gasteiger partial charge in [-0.3, -0.25) is 0 Å². The van der Waals surface area contributed by atoms with Crippen LogP contribution in [0, 0.1) is 19.7 Å². The van der Waals surface area contributed by atoms with Crippen LogP contribution in [0.1, 0.15) is 22.3 Å². The van der Waals surface area contributed by atoms with Crippen LogP contribution < -0.4 is 5.32 Å². The Morgan fingerprint density at radius 2 is 1.60 bits per heavy atom. The lowest BCUT2D eigenvalue weighted by molar-refractivity contribution is 0.274. The van der Waals surface area contributed by atoms with Gasteiger partial charge in [0.1, 0.15) is 5.82 Å². The first-order valence-electron chi connectivity index (χ1n) is 7.13. The topological polar surface area (TPSA) is 12.0 Å². The lowest BCUT2D eigenvalue weighted by atomic mass is 9.70. The summed E-state index contributed by atoms with van der Waals surface area (Å²) in [6.07, 6.45) is 1.02. The number of hydrogen-bond acceptors (Lipinski definition) is 1. The number of hydrogen-bond donors (Lipinski definition) is 1. The molecule has 1 nitrogen and oxygen atoms in total. The van der Waals surface area contributed by atoms with Crippen molar-refractivity contribution < 1.29 is 4.39 Å². The summed E-state index contributed by atoms with van der Waals surface area (Å²) in [6.45, 7) is 6.28. The van der Waals surface area contributed by atoms with Gasteiger partial charge in [-0.2, -0.15) is 0 Å². The molecule has 0 radical (unpaired) electrons. The van der Waals surface area contributed by atoms with Gasteiger partial charge in [0.15, 0.2) is 0 Å². The van der Waals surface area contributed by atoms with E-state index in [1.807, 2.05) is 12.1 Å². The average molecular weight is 269 g/mol. The molecule has 0 atom stereocenters. The van der Waals surface area contributed by atoms with Crippen molar-refractivity contribution in [3.8, 4) is 0 Å². The molecular formula is C18H20FN. The Morgan fingerprint density at radius 3 is 2.10 bits per heavy atom. The Balaban J connectivity index is 1.96. The fraction of sp³-hybridized carbons (Fsp3) is 0.333. The van der Waals surface area contributed by atoms with E-state index in [0.29, 0.717) is 0 Å². The van der Waals surface area contributed by atoms with Gasteiger partial charge in [-0.05, 0) is 54.7 Å². The van der Waals surface area contributed by atoms with Crippen LogP contribution in [0.4, 0.5) is 4.39 Å². The van der Waals surface area contributed by atoms with Crippen molar-refractivity contribution in [2.45, 2.75) is 25.7 Å². The fourth-order valence-electron chi connectivity index (χ4n) is 3.13. The molecule has 0 bridgehead atoms. The van der Waals surface area contributed by atoms with Crippen LogP contribution in [0.25, 0.3) is 0 Å². The van der Waals surface area contributed by atoms with Gasteiger partial charge in [0, 0.05) is 18.5 Å². The smallest absolute Gasteiger partial charge is 0.123 e. The standard InChI is InChI=1S/C18H20FN/c1-13-4-3-5-14(2)17(13)10-18(11-20-12-18)15-6-8-16(19)9-7-15/h3-9,20H,10-12H2,1-2H3. The molecule has 0 saturated carbocycles. The van der Waals surface area contributed by atoms with E-state index >= 15 is 0 Å². The molecule has 3 rings (SSSR count). The molecular weight excluding hydrogens is 249 g/mol. The van der Waals surface area contributed by atoms with Crippen LogP contribution in [0.2, 0.25) is 0 Å². The summed E-state index contributed by atoms with van der Waals surface area (Å²) in [5.41, 5.74) is 5.47. The monoisotopic (exact) mass is 269 g/mol. The first kappa shape index (κ1) is 13.3. The second kappa shape index (κ2) is 5.02. The molecule has 104 valence electrons. The molecule has 1 saturated heterocycles. The Bertz CT molecular complexity index is 592. The van der Waals surface area contributed by atoms with Crippen molar-refractivity contribution >= 4 is 0 Å². The van der Waals surface area contributed by atoms with Crippen LogP contribution in [-0.4, -0.2) is 13.1 Å². The van der Waals surface area contributed by atoms with Gasteiger partial charge < -0.3 is 5.32 Å². The van der Waals surface area contributed by atoms with Crippen molar-refractivity contribution in [1.82, 2.24) is 5.32 Å². The predicted molar refractivity (Wildman–Crippen MR) is 80.6 cm³/mol. The van der Waals surface area contributed by atoms with Crippen molar-refractivity contribution in [3.63, 3.8) is 0 Å². The van der Waals surface area contributed by atoms with E-state index in [2.05, 4.69) is 37.4 Å². The molecule has 2 aromatic carbocycles. The third-order valence-electron chi connectivity index (χ3n) is 4.54. The van der Waals surface area contributed by atoms with Gasteiger partial charge in [-0.15, -0.1) is 0 Å². The highest BCUT2D eigenvalue weighted by atomic mass is 19.1. The Morgan fingerprint density at radius 1 is 1.00 bits per heavy atom. The lowest BCUT2D eigenvalue weighted by Crippen LogP contribution is -2.58. The molecule has 1 N–H and O–H groups in total. The highest BCUT2D eigenvalue weighted by molar-refractivity contribution is 5.40. The molecule has 0 aliphatic carbocycles. The third-order valence-corrected chi connectivity index (χ3v) is 4.54. The maximum Gasteiger partial charge on any atom is 0.123 e. The molecule has 1 aliphatic heterocycles. The summed E-state index contributed by atoms with van der Waals surface area (Å²) in [7, 11) is 0. The first-order chi connectivity index (χ1) is 9.61. The van der Waals surface area contributed by atoms with Crippen LogP contribution in [0.5, 0.6) is 0 Å². The number of halogens is 1. The van der Waals surface area contributed by atoms with E-state index < -0.39 is 0 Å². The zero-order valence-electron chi connectivity index (χ0n) is 12.0. The van der Waals surface area contributed by atoms with Gasteiger partial charge in [-0.25, -0.2) is 4.39 Å². The van der Waals surface area contributed by atoms with E-state index in [1.165, 1.54) is 22.3 Å². The molecule has 0 amide bonds. The minimum atomic E-state index is -0.164. The Kier molecular flexibility index (Phi) is 3.35. The molecule has 1 heterocycles. The highest BCUT2D eigenvalue weighted by Gasteiger charge is 2.39. The zero-order chi connectivity index (χ0) is 14.2. The maximum atomic E-state index is 13.1. The van der Waals surface area contributed by atoms with E-state index in [9.17, 15) is 4.39 Å².